The Kier molecular flexibility index (Phi) is 4.06. The third kappa shape index (κ3) is 2.70. The van der Waals surface area contributed by atoms with Crippen molar-refractivity contribution in [3.05, 3.63) is 131 Å². The molecule has 1 nitrogen and oxygen atoms in total. The van der Waals surface area contributed by atoms with Crippen LogP contribution in [-0.4, -0.2) is 0 Å². The van der Waals surface area contributed by atoms with Crippen LogP contribution in [0.2, 0.25) is 0 Å². The van der Waals surface area contributed by atoms with Gasteiger partial charge in [-0.25, -0.2) is 0 Å². The first kappa shape index (κ1) is 17.3. The Hall–Kier alpha value is -3.58. The Labute approximate surface area is 177 Å². The van der Waals surface area contributed by atoms with Crippen LogP contribution in [0.15, 0.2) is 103 Å². The number of hydrogen-bond acceptors (Lipinski definition) is 1. The zero-order valence-corrected chi connectivity index (χ0v) is 16.8. The fourth-order valence-corrected chi connectivity index (χ4v) is 5.18. The predicted molar refractivity (Wildman–Crippen MR) is 126 cm³/mol. The second-order valence-corrected chi connectivity index (χ2v) is 8.16. The highest BCUT2D eigenvalue weighted by Crippen LogP contribution is 2.50. The van der Waals surface area contributed by atoms with Gasteiger partial charge in [0.2, 0.25) is 0 Å². The lowest BCUT2D eigenvalue weighted by Gasteiger charge is -2.20. The van der Waals surface area contributed by atoms with Crippen molar-refractivity contribution in [3.63, 3.8) is 0 Å². The summed E-state index contributed by atoms with van der Waals surface area (Å²) in [6, 6.07) is 37.5. The van der Waals surface area contributed by atoms with Crippen LogP contribution in [-0.2, 0) is 0 Å². The lowest BCUT2D eigenvalue weighted by Crippen LogP contribution is -2.03. The monoisotopic (exact) mass is 385 g/mol. The van der Waals surface area contributed by atoms with E-state index in [4.69, 9.17) is 0 Å². The summed E-state index contributed by atoms with van der Waals surface area (Å²) in [4.78, 5) is 0. The van der Waals surface area contributed by atoms with Gasteiger partial charge in [0, 0.05) is 28.4 Å². The molecule has 4 aromatic rings. The first-order valence-corrected chi connectivity index (χ1v) is 10.7. The molecular formula is C29H23N. The molecule has 0 saturated carbocycles. The Morgan fingerprint density at radius 2 is 1.17 bits per heavy atom. The van der Waals surface area contributed by atoms with Crippen LogP contribution in [0.5, 0.6) is 0 Å². The molecule has 144 valence electrons. The molecule has 0 fully saturated rings. The molecule has 0 bridgehead atoms. The van der Waals surface area contributed by atoms with E-state index in [1.807, 2.05) is 0 Å². The van der Waals surface area contributed by atoms with Gasteiger partial charge in [0.25, 0.3) is 0 Å². The Bertz CT molecular complexity index is 1270. The van der Waals surface area contributed by atoms with Gasteiger partial charge in [-0.05, 0) is 52.8 Å². The van der Waals surface area contributed by atoms with Crippen LogP contribution >= 0.6 is 0 Å². The van der Waals surface area contributed by atoms with Gasteiger partial charge in [0.05, 0.1) is 0 Å². The summed E-state index contributed by atoms with van der Waals surface area (Å²) in [5.74, 6) is 0.404. The van der Waals surface area contributed by atoms with Crippen LogP contribution in [0, 0.1) is 0 Å². The Morgan fingerprint density at radius 1 is 0.567 bits per heavy atom. The summed E-state index contributed by atoms with van der Waals surface area (Å²) in [6.45, 7) is 0. The average Bonchev–Trinajstić information content (AvgIpc) is 3.06. The summed E-state index contributed by atoms with van der Waals surface area (Å²) in [5, 5.41) is 3.71. The minimum atomic E-state index is 0.404. The fourth-order valence-electron chi connectivity index (χ4n) is 5.18. The number of benzene rings is 4. The van der Waals surface area contributed by atoms with Crippen molar-refractivity contribution in [2.75, 3.05) is 5.32 Å². The maximum atomic E-state index is 3.71. The van der Waals surface area contributed by atoms with Gasteiger partial charge in [-0.2, -0.15) is 0 Å². The highest BCUT2D eigenvalue weighted by Gasteiger charge is 2.29. The lowest BCUT2D eigenvalue weighted by atomic mass is 9.84. The van der Waals surface area contributed by atoms with Crippen LogP contribution < -0.4 is 5.32 Å². The topological polar surface area (TPSA) is 12.0 Å². The molecule has 1 aliphatic heterocycles. The molecule has 2 aliphatic rings. The van der Waals surface area contributed by atoms with Gasteiger partial charge >= 0.3 is 0 Å². The fraction of sp³-hybridized carbons (Fsp3) is 0.103. The van der Waals surface area contributed by atoms with Gasteiger partial charge in [0.1, 0.15) is 0 Å². The molecule has 1 atom stereocenters. The minimum Gasteiger partial charge on any atom is -0.355 e. The maximum Gasteiger partial charge on any atom is 0.0464 e. The lowest BCUT2D eigenvalue weighted by molar-refractivity contribution is 0.740. The zero-order valence-electron chi connectivity index (χ0n) is 16.8. The molecular weight excluding hydrogens is 362 g/mol. The summed E-state index contributed by atoms with van der Waals surface area (Å²) < 4.78 is 0. The number of hydrogen-bond donors (Lipinski definition) is 1. The average molecular weight is 386 g/mol. The molecule has 1 heterocycles. The minimum absolute atomic E-state index is 0.404. The quantitative estimate of drug-likeness (QED) is 0.355. The van der Waals surface area contributed by atoms with Crippen molar-refractivity contribution < 1.29 is 0 Å². The SMILES string of the molecule is c1ccc([C@@H]2CCC3=C(c4ccccc4Nc4ccccc43)c3ccccc32)cc1. The van der Waals surface area contributed by atoms with E-state index in [0.29, 0.717) is 5.92 Å². The van der Waals surface area contributed by atoms with Crippen molar-refractivity contribution in [3.8, 4) is 0 Å². The predicted octanol–water partition coefficient (Wildman–Crippen LogP) is 7.63. The van der Waals surface area contributed by atoms with Crippen molar-refractivity contribution >= 4 is 22.5 Å². The van der Waals surface area contributed by atoms with E-state index in [1.165, 1.54) is 50.3 Å². The number of nitrogens with one attached hydrogen (secondary N) is 1. The first-order valence-electron chi connectivity index (χ1n) is 10.7. The highest BCUT2D eigenvalue weighted by atomic mass is 14.9. The number of para-hydroxylation sites is 2. The zero-order chi connectivity index (χ0) is 19.9. The van der Waals surface area contributed by atoms with Crippen LogP contribution in [0.25, 0.3) is 11.1 Å². The van der Waals surface area contributed by atoms with Gasteiger partial charge in [0.15, 0.2) is 0 Å². The number of fused-ring (bicyclic) bond motifs is 6. The molecule has 0 unspecified atom stereocenters. The molecule has 30 heavy (non-hydrogen) atoms. The second-order valence-electron chi connectivity index (χ2n) is 8.16. The molecule has 0 amide bonds. The molecule has 6 rings (SSSR count). The van der Waals surface area contributed by atoms with Crippen molar-refractivity contribution in [2.24, 2.45) is 0 Å². The summed E-state index contributed by atoms with van der Waals surface area (Å²) >= 11 is 0. The standard InChI is InChI=1S/C29H23N/c1-2-10-20(11-3-1)21-18-19-25-23-13-6-8-16-27(23)30-28-17-9-7-15-26(28)29(25)24-14-5-4-12-22(21)24/h1-17,21,30H,18-19H2/t21-/m0/s1. The van der Waals surface area contributed by atoms with Gasteiger partial charge < -0.3 is 5.32 Å². The third-order valence-corrected chi connectivity index (χ3v) is 6.51. The molecule has 0 saturated heterocycles. The molecule has 0 aromatic heterocycles. The van der Waals surface area contributed by atoms with Crippen molar-refractivity contribution in [1.29, 1.82) is 0 Å². The van der Waals surface area contributed by atoms with Crippen molar-refractivity contribution in [1.82, 2.24) is 0 Å². The molecule has 4 aromatic carbocycles. The van der Waals surface area contributed by atoms with Crippen molar-refractivity contribution in [2.45, 2.75) is 18.8 Å². The maximum absolute atomic E-state index is 3.71. The second kappa shape index (κ2) is 7.03. The van der Waals surface area contributed by atoms with E-state index in [0.717, 1.165) is 12.8 Å². The number of rotatable bonds is 1. The van der Waals surface area contributed by atoms with E-state index in [9.17, 15) is 0 Å². The van der Waals surface area contributed by atoms with Gasteiger partial charge in [-0.15, -0.1) is 0 Å². The highest BCUT2D eigenvalue weighted by molar-refractivity contribution is 6.07. The van der Waals surface area contributed by atoms with E-state index in [2.05, 4.69) is 108 Å². The Balaban J connectivity index is 1.66. The van der Waals surface area contributed by atoms with E-state index in [-0.39, 0.29) is 0 Å². The molecule has 0 radical (unpaired) electrons. The van der Waals surface area contributed by atoms with E-state index >= 15 is 0 Å². The smallest absolute Gasteiger partial charge is 0.0464 e. The normalized spacial score (nSPS) is 16.9. The largest absolute Gasteiger partial charge is 0.355 e. The van der Waals surface area contributed by atoms with E-state index in [1.54, 1.807) is 0 Å². The van der Waals surface area contributed by atoms with Gasteiger partial charge in [-0.3, -0.25) is 0 Å². The summed E-state index contributed by atoms with van der Waals surface area (Å²) in [5.41, 5.74) is 12.0. The summed E-state index contributed by atoms with van der Waals surface area (Å²) in [7, 11) is 0. The van der Waals surface area contributed by atoms with Gasteiger partial charge in [-0.1, -0.05) is 91.0 Å². The third-order valence-electron chi connectivity index (χ3n) is 6.51. The number of anilines is 2. The van der Waals surface area contributed by atoms with Crippen LogP contribution in [0.4, 0.5) is 11.4 Å². The molecule has 1 aliphatic carbocycles. The summed E-state index contributed by atoms with van der Waals surface area (Å²) in [6.07, 6.45) is 2.16. The van der Waals surface area contributed by atoms with E-state index < -0.39 is 0 Å². The molecule has 0 spiro atoms. The molecule has 1 heteroatoms. The van der Waals surface area contributed by atoms with Crippen LogP contribution in [0.1, 0.15) is 46.6 Å². The Morgan fingerprint density at radius 3 is 1.97 bits per heavy atom. The number of allylic oxidation sites excluding steroid dienone is 1. The van der Waals surface area contributed by atoms with Crippen LogP contribution in [0.3, 0.4) is 0 Å². The first-order chi connectivity index (χ1) is 14.9. The molecule has 1 N–H and O–H groups in total.